The van der Waals surface area contributed by atoms with Gasteiger partial charge in [-0.25, -0.2) is 4.79 Å². The first-order valence-corrected chi connectivity index (χ1v) is 12.4. The second-order valence-electron chi connectivity index (χ2n) is 8.38. The molecule has 1 N–H and O–H groups in total. The van der Waals surface area contributed by atoms with Gasteiger partial charge in [0.25, 0.3) is 0 Å². The van der Waals surface area contributed by atoms with Gasteiger partial charge in [-0.15, -0.1) is 0 Å². The SMILES string of the molecule is O=Cc1ccccc1Sc1c(Cl)cccc1CN(CC1c2ccccc2-c2ccccc21)C(=O)O. The first-order valence-electron chi connectivity index (χ1n) is 11.2. The van der Waals surface area contributed by atoms with Gasteiger partial charge in [0.1, 0.15) is 0 Å². The number of benzene rings is 4. The van der Waals surface area contributed by atoms with E-state index in [1.54, 1.807) is 12.1 Å². The fraction of sp³-hybridized carbons (Fsp3) is 0.103. The smallest absolute Gasteiger partial charge is 0.407 e. The van der Waals surface area contributed by atoms with E-state index in [4.69, 9.17) is 11.6 Å². The summed E-state index contributed by atoms with van der Waals surface area (Å²) in [7, 11) is 0. The van der Waals surface area contributed by atoms with Crippen molar-refractivity contribution in [2.45, 2.75) is 22.3 Å². The van der Waals surface area contributed by atoms with Crippen molar-refractivity contribution in [3.63, 3.8) is 0 Å². The molecule has 0 radical (unpaired) electrons. The van der Waals surface area contributed by atoms with Crippen LogP contribution in [0.1, 0.15) is 33.0 Å². The largest absolute Gasteiger partial charge is 0.465 e. The molecule has 5 rings (SSSR count). The molecule has 0 aromatic heterocycles. The maximum atomic E-state index is 12.4. The Hall–Kier alpha value is -3.54. The average molecular weight is 500 g/mol. The molecule has 1 amide bonds. The second-order valence-corrected chi connectivity index (χ2v) is 9.84. The quantitative estimate of drug-likeness (QED) is 0.266. The number of nitrogens with zero attached hydrogens (tertiary/aromatic N) is 1. The lowest BCUT2D eigenvalue weighted by Gasteiger charge is -2.25. The van der Waals surface area contributed by atoms with Crippen LogP contribution >= 0.6 is 23.4 Å². The van der Waals surface area contributed by atoms with Crippen LogP contribution in [0.15, 0.2) is 101 Å². The molecule has 0 spiro atoms. The Labute approximate surface area is 213 Å². The van der Waals surface area contributed by atoms with Gasteiger partial charge in [-0.3, -0.25) is 4.79 Å². The van der Waals surface area contributed by atoms with E-state index in [2.05, 4.69) is 24.3 Å². The van der Waals surface area contributed by atoms with Crippen molar-refractivity contribution in [3.05, 3.63) is 118 Å². The molecule has 0 saturated carbocycles. The van der Waals surface area contributed by atoms with E-state index in [0.717, 1.165) is 43.9 Å². The number of hydrogen-bond donors (Lipinski definition) is 1. The monoisotopic (exact) mass is 499 g/mol. The molecule has 174 valence electrons. The third-order valence-corrected chi connectivity index (χ3v) is 8.01. The van der Waals surface area contributed by atoms with E-state index < -0.39 is 6.09 Å². The first kappa shape index (κ1) is 23.2. The highest BCUT2D eigenvalue weighted by Gasteiger charge is 2.31. The van der Waals surface area contributed by atoms with Gasteiger partial charge >= 0.3 is 6.09 Å². The van der Waals surface area contributed by atoms with E-state index in [1.165, 1.54) is 16.7 Å². The number of carbonyl (C=O) groups is 2. The summed E-state index contributed by atoms with van der Waals surface area (Å²) in [6, 6.07) is 29.2. The van der Waals surface area contributed by atoms with Gasteiger partial charge in [0, 0.05) is 27.8 Å². The van der Waals surface area contributed by atoms with E-state index in [0.29, 0.717) is 17.1 Å². The summed E-state index contributed by atoms with van der Waals surface area (Å²) in [6.45, 7) is 0.507. The summed E-state index contributed by atoms with van der Waals surface area (Å²) >= 11 is 7.95. The van der Waals surface area contributed by atoms with Gasteiger partial charge in [-0.1, -0.05) is 102 Å². The van der Waals surface area contributed by atoms with Crippen molar-refractivity contribution in [1.29, 1.82) is 0 Å². The van der Waals surface area contributed by atoms with Crippen molar-refractivity contribution in [2.75, 3.05) is 6.54 Å². The predicted molar refractivity (Wildman–Crippen MR) is 140 cm³/mol. The Morgan fingerprint density at radius 3 is 2.17 bits per heavy atom. The Morgan fingerprint density at radius 1 is 0.886 bits per heavy atom. The molecule has 0 unspecified atom stereocenters. The lowest BCUT2D eigenvalue weighted by atomic mass is 9.96. The van der Waals surface area contributed by atoms with Gasteiger partial charge in [0.15, 0.2) is 6.29 Å². The topological polar surface area (TPSA) is 57.6 Å². The Kier molecular flexibility index (Phi) is 6.62. The highest BCUT2D eigenvalue weighted by Crippen LogP contribution is 2.45. The molecule has 4 nitrogen and oxygen atoms in total. The fourth-order valence-electron chi connectivity index (χ4n) is 4.67. The van der Waals surface area contributed by atoms with E-state index in [-0.39, 0.29) is 12.5 Å². The zero-order valence-corrected chi connectivity index (χ0v) is 20.3. The molecule has 0 bridgehead atoms. The molecular weight excluding hydrogens is 478 g/mol. The minimum atomic E-state index is -0.990. The van der Waals surface area contributed by atoms with Crippen LogP contribution in [-0.2, 0) is 6.54 Å². The van der Waals surface area contributed by atoms with Crippen LogP contribution in [0.3, 0.4) is 0 Å². The zero-order valence-electron chi connectivity index (χ0n) is 18.7. The second kappa shape index (κ2) is 9.98. The van der Waals surface area contributed by atoms with Crippen molar-refractivity contribution < 1.29 is 14.7 Å². The van der Waals surface area contributed by atoms with Crippen LogP contribution in [0, 0.1) is 0 Å². The highest BCUT2D eigenvalue weighted by atomic mass is 35.5. The Balaban J connectivity index is 1.47. The van der Waals surface area contributed by atoms with Crippen molar-refractivity contribution in [2.24, 2.45) is 0 Å². The van der Waals surface area contributed by atoms with Gasteiger partial charge in [-0.05, 0) is 39.9 Å². The molecule has 1 aliphatic carbocycles. The molecule has 35 heavy (non-hydrogen) atoms. The Morgan fingerprint density at radius 2 is 1.51 bits per heavy atom. The Bertz CT molecular complexity index is 1380. The van der Waals surface area contributed by atoms with Crippen LogP contribution in [0.2, 0.25) is 5.02 Å². The summed E-state index contributed by atoms with van der Waals surface area (Å²) in [5, 5.41) is 10.7. The maximum absolute atomic E-state index is 12.4. The minimum absolute atomic E-state index is 0.0513. The highest BCUT2D eigenvalue weighted by molar-refractivity contribution is 7.99. The van der Waals surface area contributed by atoms with E-state index in [1.807, 2.05) is 54.6 Å². The predicted octanol–water partition coefficient (Wildman–Crippen LogP) is 7.60. The van der Waals surface area contributed by atoms with Crippen LogP contribution in [0.5, 0.6) is 0 Å². The number of carboxylic acid groups (broad SMARTS) is 1. The molecule has 0 saturated heterocycles. The fourth-order valence-corrected chi connectivity index (χ4v) is 6.01. The summed E-state index contributed by atoms with van der Waals surface area (Å²) in [6.07, 6.45) is -0.173. The normalized spacial score (nSPS) is 12.1. The summed E-state index contributed by atoms with van der Waals surface area (Å²) in [4.78, 5) is 26.9. The molecule has 1 aliphatic rings. The molecule has 4 aromatic carbocycles. The van der Waals surface area contributed by atoms with Crippen LogP contribution in [0.4, 0.5) is 4.79 Å². The number of carbonyl (C=O) groups excluding carboxylic acids is 1. The average Bonchev–Trinajstić information content (AvgIpc) is 3.19. The lowest BCUT2D eigenvalue weighted by Crippen LogP contribution is -2.33. The lowest BCUT2D eigenvalue weighted by molar-refractivity contribution is 0.112. The van der Waals surface area contributed by atoms with Crippen molar-refractivity contribution in [1.82, 2.24) is 4.90 Å². The van der Waals surface area contributed by atoms with Gasteiger partial charge in [0.05, 0.1) is 11.6 Å². The molecule has 0 aliphatic heterocycles. The molecule has 0 fully saturated rings. The zero-order chi connectivity index (χ0) is 24.4. The van der Waals surface area contributed by atoms with Gasteiger partial charge in [0.2, 0.25) is 0 Å². The third-order valence-electron chi connectivity index (χ3n) is 6.30. The van der Waals surface area contributed by atoms with Crippen LogP contribution in [-0.4, -0.2) is 28.9 Å². The standard InChI is InChI=1S/C29H22ClNO3S/c30-26-14-7-9-19(28(26)35-27-15-6-1-8-20(27)18-32)16-31(29(33)34)17-25-23-12-4-2-10-21(23)22-11-3-5-13-24(22)25/h1-15,18,25H,16-17H2,(H,33,34). The number of hydrogen-bond acceptors (Lipinski definition) is 3. The number of halogens is 1. The minimum Gasteiger partial charge on any atom is -0.465 e. The molecular formula is C29H22ClNO3S. The third kappa shape index (κ3) is 4.57. The molecule has 0 atom stereocenters. The number of fused-ring (bicyclic) bond motifs is 3. The van der Waals surface area contributed by atoms with Gasteiger partial charge < -0.3 is 10.0 Å². The summed E-state index contributed by atoms with van der Waals surface area (Å²) in [5.41, 5.74) is 5.95. The van der Waals surface area contributed by atoms with E-state index >= 15 is 0 Å². The number of rotatable bonds is 7. The summed E-state index contributed by atoms with van der Waals surface area (Å²) in [5.74, 6) is -0.0513. The maximum Gasteiger partial charge on any atom is 0.407 e. The van der Waals surface area contributed by atoms with Gasteiger partial charge in [-0.2, -0.15) is 0 Å². The summed E-state index contributed by atoms with van der Waals surface area (Å²) < 4.78 is 0. The van der Waals surface area contributed by atoms with Crippen LogP contribution in [0.25, 0.3) is 11.1 Å². The number of aldehydes is 1. The molecule has 0 heterocycles. The molecule has 6 heteroatoms. The molecule has 4 aromatic rings. The van der Waals surface area contributed by atoms with Crippen molar-refractivity contribution in [3.8, 4) is 11.1 Å². The number of amides is 1. The first-order chi connectivity index (χ1) is 17.1. The van der Waals surface area contributed by atoms with E-state index in [9.17, 15) is 14.7 Å². The van der Waals surface area contributed by atoms with Crippen molar-refractivity contribution >= 4 is 35.7 Å². The van der Waals surface area contributed by atoms with Crippen LogP contribution < -0.4 is 0 Å².